The molecule has 1 atom stereocenters. The van der Waals surface area contributed by atoms with Crippen LogP contribution < -0.4 is 9.47 Å². The van der Waals surface area contributed by atoms with Crippen LogP contribution in [0.25, 0.3) is 0 Å². The van der Waals surface area contributed by atoms with E-state index < -0.39 is 12.3 Å². The number of hydrogen-bond acceptors (Lipinski definition) is 5. The molecule has 1 aromatic carbocycles. The van der Waals surface area contributed by atoms with Crippen molar-refractivity contribution in [1.82, 2.24) is 0 Å². The lowest BCUT2D eigenvalue weighted by Crippen LogP contribution is -1.98. The summed E-state index contributed by atoms with van der Waals surface area (Å²) < 4.78 is 14.7. The summed E-state index contributed by atoms with van der Waals surface area (Å²) in [4.78, 5) is 11.3. The Hall–Kier alpha value is -1.75. The van der Waals surface area contributed by atoms with Crippen LogP contribution in [-0.4, -0.2) is 25.3 Å². The predicted molar refractivity (Wildman–Crippen MR) is 49.9 cm³/mol. The van der Waals surface area contributed by atoms with Gasteiger partial charge in [0.2, 0.25) is 6.29 Å². The van der Waals surface area contributed by atoms with E-state index >= 15 is 0 Å². The van der Waals surface area contributed by atoms with Crippen LogP contribution in [0.2, 0.25) is 0 Å². The predicted octanol–water partition coefficient (Wildman–Crippen LogP) is 0.865. The smallest absolute Gasteiger partial charge is 0.341 e. The summed E-state index contributed by atoms with van der Waals surface area (Å²) >= 11 is 0. The molecule has 0 amide bonds. The lowest BCUT2D eigenvalue weighted by atomic mass is 10.1. The van der Waals surface area contributed by atoms with E-state index in [-0.39, 0.29) is 5.56 Å². The minimum atomic E-state index is -1.26. The van der Waals surface area contributed by atoms with E-state index in [0.29, 0.717) is 17.1 Å². The first-order valence-corrected chi connectivity index (χ1v) is 4.32. The third kappa shape index (κ3) is 1.41. The number of carbonyl (C=O) groups excluding carboxylic acids is 1. The Balaban J connectivity index is 2.62. The van der Waals surface area contributed by atoms with Crippen molar-refractivity contribution in [3.63, 3.8) is 0 Å². The highest BCUT2D eigenvalue weighted by molar-refractivity contribution is 5.95. The van der Waals surface area contributed by atoms with E-state index in [9.17, 15) is 9.90 Å². The summed E-state index contributed by atoms with van der Waals surface area (Å²) in [6.07, 6.45) is -1.26. The van der Waals surface area contributed by atoms with E-state index in [1.807, 2.05) is 0 Å². The van der Waals surface area contributed by atoms with Crippen molar-refractivity contribution in [3.05, 3.63) is 23.3 Å². The maximum atomic E-state index is 11.3. The van der Waals surface area contributed by atoms with Gasteiger partial charge in [0.15, 0.2) is 0 Å². The van der Waals surface area contributed by atoms with Gasteiger partial charge >= 0.3 is 5.97 Å². The van der Waals surface area contributed by atoms with Gasteiger partial charge in [-0.1, -0.05) is 0 Å². The van der Waals surface area contributed by atoms with Crippen LogP contribution in [-0.2, 0) is 4.74 Å². The first kappa shape index (κ1) is 9.79. The van der Waals surface area contributed by atoms with Crippen LogP contribution in [0.3, 0.4) is 0 Å². The molecule has 1 aliphatic rings. The number of hydrogen-bond donors (Lipinski definition) is 1. The number of rotatable bonds is 2. The lowest BCUT2D eigenvalue weighted by molar-refractivity contribution is -0.0555. The van der Waals surface area contributed by atoms with E-state index in [1.165, 1.54) is 20.3 Å². The number of carbonyl (C=O) groups is 1. The quantitative estimate of drug-likeness (QED) is 0.733. The maximum Gasteiger partial charge on any atom is 0.341 e. The number of fused-ring (bicyclic) bond motifs is 1. The summed E-state index contributed by atoms with van der Waals surface area (Å²) in [6.45, 7) is 0. The average molecular weight is 210 g/mol. The second-order valence-corrected chi connectivity index (χ2v) is 3.05. The molecule has 0 radical (unpaired) electrons. The number of esters is 1. The first-order chi connectivity index (χ1) is 7.17. The molecule has 0 aromatic heterocycles. The van der Waals surface area contributed by atoms with E-state index in [4.69, 9.17) is 9.47 Å². The number of aliphatic hydroxyl groups is 1. The number of ether oxygens (including phenoxy) is 3. The van der Waals surface area contributed by atoms with Crippen molar-refractivity contribution in [2.24, 2.45) is 0 Å². The fourth-order valence-electron chi connectivity index (χ4n) is 1.54. The molecule has 1 N–H and O–H groups in total. The van der Waals surface area contributed by atoms with Gasteiger partial charge < -0.3 is 19.3 Å². The molecule has 2 rings (SSSR count). The Bertz CT molecular complexity index is 413. The standard InChI is InChI=1S/C10H10O5/c1-13-5-3-6-8(7(4-5)14-2)10(12)15-9(6)11/h3-4,10,12H,1-2H3/t10-/m0/s1. The van der Waals surface area contributed by atoms with Gasteiger partial charge in [0, 0.05) is 6.07 Å². The Labute approximate surface area is 86.2 Å². The van der Waals surface area contributed by atoms with Gasteiger partial charge in [-0.3, -0.25) is 0 Å². The van der Waals surface area contributed by atoms with Gasteiger partial charge in [-0.05, 0) is 6.07 Å². The van der Waals surface area contributed by atoms with Crippen molar-refractivity contribution in [3.8, 4) is 11.5 Å². The molecule has 1 aliphatic heterocycles. The topological polar surface area (TPSA) is 65.0 Å². The van der Waals surface area contributed by atoms with Crippen LogP contribution in [0.1, 0.15) is 22.2 Å². The highest BCUT2D eigenvalue weighted by Gasteiger charge is 2.33. The maximum absolute atomic E-state index is 11.3. The van der Waals surface area contributed by atoms with Crippen LogP contribution in [0.15, 0.2) is 12.1 Å². The summed E-state index contributed by atoms with van der Waals surface area (Å²) in [6, 6.07) is 3.10. The van der Waals surface area contributed by atoms with Gasteiger partial charge in [-0.2, -0.15) is 0 Å². The molecule has 15 heavy (non-hydrogen) atoms. The molecule has 0 unspecified atom stereocenters. The zero-order valence-electron chi connectivity index (χ0n) is 8.31. The van der Waals surface area contributed by atoms with Gasteiger partial charge in [-0.15, -0.1) is 0 Å². The van der Waals surface area contributed by atoms with E-state index in [2.05, 4.69) is 4.74 Å². The van der Waals surface area contributed by atoms with Gasteiger partial charge in [0.05, 0.1) is 25.3 Å². The van der Waals surface area contributed by atoms with Crippen molar-refractivity contribution >= 4 is 5.97 Å². The fraction of sp³-hybridized carbons (Fsp3) is 0.300. The molecule has 0 saturated heterocycles. The van der Waals surface area contributed by atoms with Crippen molar-refractivity contribution < 1.29 is 24.1 Å². The van der Waals surface area contributed by atoms with Crippen LogP contribution in [0.4, 0.5) is 0 Å². The molecule has 0 saturated carbocycles. The molecule has 5 heteroatoms. The third-order valence-electron chi connectivity index (χ3n) is 2.26. The molecular formula is C10H10O5. The van der Waals surface area contributed by atoms with Crippen molar-refractivity contribution in [1.29, 1.82) is 0 Å². The van der Waals surface area contributed by atoms with Crippen LogP contribution in [0.5, 0.6) is 11.5 Å². The second-order valence-electron chi connectivity index (χ2n) is 3.05. The molecular weight excluding hydrogens is 200 g/mol. The van der Waals surface area contributed by atoms with E-state index in [0.717, 1.165) is 0 Å². The number of benzene rings is 1. The monoisotopic (exact) mass is 210 g/mol. The van der Waals surface area contributed by atoms with Gasteiger partial charge in [-0.25, -0.2) is 4.79 Å². The van der Waals surface area contributed by atoms with Crippen LogP contribution in [0, 0.1) is 0 Å². The molecule has 0 spiro atoms. The average Bonchev–Trinajstić information content (AvgIpc) is 2.53. The van der Waals surface area contributed by atoms with Gasteiger partial charge in [0.1, 0.15) is 11.5 Å². The molecule has 0 fully saturated rings. The lowest BCUT2D eigenvalue weighted by Gasteiger charge is -2.09. The SMILES string of the molecule is COc1cc(OC)c2c(c1)C(=O)O[C@@H]2O. The molecule has 80 valence electrons. The number of methoxy groups -OCH3 is 2. The zero-order valence-corrected chi connectivity index (χ0v) is 8.31. The van der Waals surface area contributed by atoms with Gasteiger partial charge in [0.25, 0.3) is 0 Å². The normalized spacial score (nSPS) is 18.3. The largest absolute Gasteiger partial charge is 0.497 e. The molecule has 0 bridgehead atoms. The Morgan fingerprint density at radius 1 is 1.33 bits per heavy atom. The first-order valence-electron chi connectivity index (χ1n) is 4.32. The number of aliphatic hydroxyl groups excluding tert-OH is 1. The highest BCUT2D eigenvalue weighted by atomic mass is 16.6. The summed E-state index contributed by atoms with van der Waals surface area (Å²) in [5, 5.41) is 9.46. The molecule has 1 heterocycles. The van der Waals surface area contributed by atoms with Crippen LogP contribution >= 0.6 is 0 Å². The third-order valence-corrected chi connectivity index (χ3v) is 2.26. The minimum Gasteiger partial charge on any atom is -0.497 e. The fourth-order valence-corrected chi connectivity index (χ4v) is 1.54. The van der Waals surface area contributed by atoms with Crippen molar-refractivity contribution in [2.45, 2.75) is 6.29 Å². The van der Waals surface area contributed by atoms with E-state index in [1.54, 1.807) is 6.07 Å². The Morgan fingerprint density at radius 2 is 2.07 bits per heavy atom. The zero-order chi connectivity index (χ0) is 11.0. The Morgan fingerprint density at radius 3 is 2.67 bits per heavy atom. The summed E-state index contributed by atoms with van der Waals surface area (Å²) in [5.41, 5.74) is 0.627. The minimum absolute atomic E-state index is 0.277. The Kier molecular flexibility index (Phi) is 2.24. The summed E-state index contributed by atoms with van der Waals surface area (Å²) in [7, 11) is 2.93. The molecule has 5 nitrogen and oxygen atoms in total. The second kappa shape index (κ2) is 3.43. The molecule has 0 aliphatic carbocycles. The highest BCUT2D eigenvalue weighted by Crippen LogP contribution is 2.38. The van der Waals surface area contributed by atoms with Crippen molar-refractivity contribution in [2.75, 3.05) is 14.2 Å². The summed E-state index contributed by atoms with van der Waals surface area (Å²) in [5.74, 6) is 0.286. The number of cyclic esters (lactones) is 1. The molecule has 1 aromatic rings.